The second-order valence-corrected chi connectivity index (χ2v) is 5.40. The van der Waals surface area contributed by atoms with Crippen molar-refractivity contribution < 1.29 is 13.2 Å². The zero-order valence-electron chi connectivity index (χ0n) is 10.5. The van der Waals surface area contributed by atoms with Crippen LogP contribution < -0.4 is 11.3 Å². The lowest BCUT2D eigenvalue weighted by atomic mass is 10.2. The average molecular weight is 335 g/mol. The second-order valence-electron chi connectivity index (χ2n) is 3.97. The van der Waals surface area contributed by atoms with Crippen LogP contribution in [0.5, 0.6) is 0 Å². The topological polar surface area (TPSA) is 63.8 Å². The van der Waals surface area contributed by atoms with E-state index in [-0.39, 0.29) is 11.0 Å². The van der Waals surface area contributed by atoms with Crippen molar-refractivity contribution in [3.8, 4) is 0 Å². The summed E-state index contributed by atoms with van der Waals surface area (Å²) in [6, 6.07) is 7.91. The van der Waals surface area contributed by atoms with Gasteiger partial charge in [-0.3, -0.25) is 5.43 Å². The Balaban J connectivity index is 2.17. The standard InChI is InChI=1S/C12H10ClF3N4S/c13-8-3-1-7(2-4-8)6-21-10-5-9(12(14,15)16)18-11(19-10)20-17/h1-5H,6,17H2,(H,18,19,20). The quantitative estimate of drug-likeness (QED) is 0.386. The number of alkyl halides is 3. The van der Waals surface area contributed by atoms with Crippen LogP contribution in [-0.2, 0) is 11.9 Å². The number of hydrogen-bond acceptors (Lipinski definition) is 5. The van der Waals surface area contributed by atoms with Gasteiger partial charge in [0.15, 0.2) is 5.69 Å². The molecule has 112 valence electrons. The molecule has 0 bridgehead atoms. The summed E-state index contributed by atoms with van der Waals surface area (Å²) in [4.78, 5) is 7.17. The number of halogens is 4. The number of nitrogens with one attached hydrogen (secondary N) is 1. The fraction of sp³-hybridized carbons (Fsp3) is 0.167. The highest BCUT2D eigenvalue weighted by molar-refractivity contribution is 7.98. The van der Waals surface area contributed by atoms with Crippen LogP contribution in [0.1, 0.15) is 11.3 Å². The number of nitrogens with two attached hydrogens (primary N) is 1. The summed E-state index contributed by atoms with van der Waals surface area (Å²) in [7, 11) is 0. The summed E-state index contributed by atoms with van der Waals surface area (Å²) >= 11 is 6.91. The van der Waals surface area contributed by atoms with Gasteiger partial charge in [0.25, 0.3) is 0 Å². The van der Waals surface area contributed by atoms with Gasteiger partial charge in [0.1, 0.15) is 5.03 Å². The van der Waals surface area contributed by atoms with Crippen LogP contribution in [0.15, 0.2) is 35.4 Å². The summed E-state index contributed by atoms with van der Waals surface area (Å²) in [5, 5.41) is 0.778. The zero-order valence-corrected chi connectivity index (χ0v) is 12.1. The number of aromatic nitrogens is 2. The molecule has 1 aromatic carbocycles. The lowest BCUT2D eigenvalue weighted by molar-refractivity contribution is -0.141. The van der Waals surface area contributed by atoms with Gasteiger partial charge in [-0.25, -0.2) is 15.8 Å². The molecule has 0 spiro atoms. The Morgan fingerprint density at radius 2 is 1.86 bits per heavy atom. The molecule has 21 heavy (non-hydrogen) atoms. The van der Waals surface area contributed by atoms with E-state index in [0.29, 0.717) is 10.8 Å². The number of rotatable bonds is 4. The Morgan fingerprint density at radius 1 is 1.19 bits per heavy atom. The highest BCUT2D eigenvalue weighted by atomic mass is 35.5. The average Bonchev–Trinajstić information content (AvgIpc) is 2.45. The van der Waals surface area contributed by atoms with Crippen LogP contribution in [0.4, 0.5) is 19.1 Å². The minimum Gasteiger partial charge on any atom is -0.292 e. The maximum absolute atomic E-state index is 12.7. The van der Waals surface area contributed by atoms with E-state index in [1.54, 1.807) is 24.3 Å². The normalized spacial score (nSPS) is 11.5. The molecule has 0 fully saturated rings. The molecule has 0 saturated carbocycles. The van der Waals surface area contributed by atoms with Crippen molar-refractivity contribution in [2.24, 2.45) is 5.84 Å². The largest absolute Gasteiger partial charge is 0.433 e. The van der Waals surface area contributed by atoms with Crippen molar-refractivity contribution in [1.82, 2.24) is 9.97 Å². The first-order valence-corrected chi connectivity index (χ1v) is 7.05. The summed E-state index contributed by atoms with van der Waals surface area (Å²) in [5.41, 5.74) is 1.91. The van der Waals surface area contributed by atoms with E-state index in [0.717, 1.165) is 23.4 Å². The second kappa shape index (κ2) is 6.50. The van der Waals surface area contributed by atoms with E-state index < -0.39 is 11.9 Å². The predicted molar refractivity (Wildman–Crippen MR) is 75.9 cm³/mol. The Kier molecular flexibility index (Phi) is 4.92. The number of hydrogen-bond donors (Lipinski definition) is 2. The molecule has 2 aromatic rings. The Bertz CT molecular complexity index is 619. The molecular weight excluding hydrogens is 325 g/mol. The molecule has 1 aromatic heterocycles. The van der Waals surface area contributed by atoms with Gasteiger partial charge in [0.2, 0.25) is 5.95 Å². The molecule has 2 rings (SSSR count). The third-order valence-corrected chi connectivity index (χ3v) is 3.66. The summed E-state index contributed by atoms with van der Waals surface area (Å²) < 4.78 is 38.1. The smallest absolute Gasteiger partial charge is 0.292 e. The van der Waals surface area contributed by atoms with E-state index in [4.69, 9.17) is 17.4 Å². The first kappa shape index (κ1) is 15.9. The van der Waals surface area contributed by atoms with E-state index in [2.05, 4.69) is 9.97 Å². The van der Waals surface area contributed by atoms with Crippen molar-refractivity contribution in [3.63, 3.8) is 0 Å². The molecule has 0 aliphatic heterocycles. The first-order valence-electron chi connectivity index (χ1n) is 5.68. The van der Waals surface area contributed by atoms with Crippen molar-refractivity contribution in [2.45, 2.75) is 17.0 Å². The van der Waals surface area contributed by atoms with Gasteiger partial charge < -0.3 is 0 Å². The summed E-state index contributed by atoms with van der Waals surface area (Å²) in [6.07, 6.45) is -4.55. The number of hydrazine groups is 1. The van der Waals surface area contributed by atoms with Crippen LogP contribution in [-0.4, -0.2) is 9.97 Å². The fourth-order valence-electron chi connectivity index (χ4n) is 1.45. The molecule has 0 amide bonds. The molecule has 0 saturated heterocycles. The number of nitrogens with zero attached hydrogens (tertiary/aromatic N) is 2. The molecule has 0 atom stereocenters. The Hall–Kier alpha value is -1.51. The maximum atomic E-state index is 12.7. The molecular formula is C12H10ClF3N4S. The lowest BCUT2D eigenvalue weighted by Gasteiger charge is -2.09. The SMILES string of the molecule is NNc1nc(SCc2ccc(Cl)cc2)cc(C(F)(F)F)n1. The minimum absolute atomic E-state index is 0.181. The van der Waals surface area contributed by atoms with Crippen molar-refractivity contribution in [2.75, 3.05) is 5.43 Å². The number of benzene rings is 1. The third-order valence-electron chi connectivity index (χ3n) is 2.42. The number of thioether (sulfide) groups is 1. The third kappa shape index (κ3) is 4.48. The van der Waals surface area contributed by atoms with Crippen molar-refractivity contribution >= 4 is 29.3 Å². The number of anilines is 1. The van der Waals surface area contributed by atoms with Crippen LogP contribution in [0, 0.1) is 0 Å². The molecule has 1 heterocycles. The molecule has 3 N–H and O–H groups in total. The minimum atomic E-state index is -4.55. The highest BCUT2D eigenvalue weighted by Gasteiger charge is 2.33. The number of nitrogen functional groups attached to an aromatic ring is 1. The molecule has 0 aliphatic rings. The van der Waals surface area contributed by atoms with Gasteiger partial charge >= 0.3 is 6.18 Å². The van der Waals surface area contributed by atoms with E-state index >= 15 is 0 Å². The van der Waals surface area contributed by atoms with Gasteiger partial charge in [-0.05, 0) is 17.7 Å². The van der Waals surface area contributed by atoms with Gasteiger partial charge in [-0.15, -0.1) is 11.8 Å². The Morgan fingerprint density at radius 3 is 2.43 bits per heavy atom. The Labute approximate surface area is 127 Å². The lowest BCUT2D eigenvalue weighted by Crippen LogP contribution is -2.15. The van der Waals surface area contributed by atoms with E-state index in [1.807, 2.05) is 5.43 Å². The van der Waals surface area contributed by atoms with E-state index in [9.17, 15) is 13.2 Å². The maximum Gasteiger partial charge on any atom is 0.433 e. The molecule has 9 heteroatoms. The fourth-order valence-corrected chi connectivity index (χ4v) is 2.43. The van der Waals surface area contributed by atoms with E-state index in [1.165, 1.54) is 0 Å². The highest BCUT2D eigenvalue weighted by Crippen LogP contribution is 2.31. The van der Waals surface area contributed by atoms with Crippen LogP contribution in [0.25, 0.3) is 0 Å². The van der Waals surface area contributed by atoms with Crippen LogP contribution in [0.3, 0.4) is 0 Å². The predicted octanol–water partition coefficient (Wildman–Crippen LogP) is 3.73. The van der Waals surface area contributed by atoms with Crippen molar-refractivity contribution in [3.05, 3.63) is 46.6 Å². The monoisotopic (exact) mass is 334 g/mol. The molecule has 4 nitrogen and oxygen atoms in total. The van der Waals surface area contributed by atoms with Gasteiger partial charge in [0.05, 0.1) is 0 Å². The van der Waals surface area contributed by atoms with Crippen LogP contribution in [0.2, 0.25) is 5.02 Å². The summed E-state index contributed by atoms with van der Waals surface area (Å²) in [6.45, 7) is 0. The molecule has 0 aliphatic carbocycles. The first-order chi connectivity index (χ1) is 9.88. The van der Waals surface area contributed by atoms with Crippen LogP contribution >= 0.6 is 23.4 Å². The van der Waals surface area contributed by atoms with Gasteiger partial charge in [-0.2, -0.15) is 13.2 Å². The zero-order chi connectivity index (χ0) is 15.5. The molecule has 0 radical (unpaired) electrons. The summed E-state index contributed by atoms with van der Waals surface area (Å²) in [5.74, 6) is 5.27. The van der Waals surface area contributed by atoms with Gasteiger partial charge in [0, 0.05) is 16.8 Å². The molecule has 0 unspecified atom stereocenters. The van der Waals surface area contributed by atoms with Gasteiger partial charge in [-0.1, -0.05) is 23.7 Å². The van der Waals surface area contributed by atoms with Crippen molar-refractivity contribution in [1.29, 1.82) is 0 Å².